The minimum atomic E-state index is 0.319. The van der Waals surface area contributed by atoms with Crippen LogP contribution in [0.1, 0.15) is 61.5 Å². The average molecular weight is 382 g/mol. The molecule has 4 heterocycles. The molecule has 4 rings (SSSR count). The van der Waals surface area contributed by atoms with Crippen LogP contribution in [0.2, 0.25) is 0 Å². The van der Waals surface area contributed by atoms with Crippen LogP contribution in [-0.4, -0.2) is 35.7 Å². The van der Waals surface area contributed by atoms with Crippen LogP contribution in [-0.2, 0) is 0 Å². The van der Waals surface area contributed by atoms with E-state index >= 15 is 0 Å². The summed E-state index contributed by atoms with van der Waals surface area (Å²) in [6, 6.07) is 4.64. The summed E-state index contributed by atoms with van der Waals surface area (Å²) in [6.07, 6.45) is 0.993. The van der Waals surface area contributed by atoms with Crippen molar-refractivity contribution in [1.82, 2.24) is 9.97 Å². The zero-order valence-corrected chi connectivity index (χ0v) is 17.5. The third-order valence-electron chi connectivity index (χ3n) is 5.65. The molecular weight excluding hydrogens is 350 g/mol. The summed E-state index contributed by atoms with van der Waals surface area (Å²) < 4.78 is 5.71. The number of nitrogens with zero attached hydrogens (tertiary/aromatic N) is 2. The van der Waals surface area contributed by atoms with Crippen LogP contribution in [0.15, 0.2) is 12.1 Å². The van der Waals surface area contributed by atoms with Gasteiger partial charge in [0.15, 0.2) is 11.6 Å². The summed E-state index contributed by atoms with van der Waals surface area (Å²) in [5, 5.41) is 10.6. The number of hydrogen-bond donors (Lipinski definition) is 3. The lowest BCUT2D eigenvalue weighted by atomic mass is 9.94. The van der Waals surface area contributed by atoms with Gasteiger partial charge in [-0.3, -0.25) is 0 Å². The summed E-state index contributed by atoms with van der Waals surface area (Å²) in [7, 11) is 0. The number of hydrogen-bond acceptors (Lipinski definition) is 6. The van der Waals surface area contributed by atoms with Gasteiger partial charge in [0.05, 0.1) is 12.2 Å². The molecule has 0 bridgehead atoms. The monoisotopic (exact) mass is 381 g/mol. The fraction of sp³-hybridized carbons (Fsp3) is 0.545. The third kappa shape index (κ3) is 3.60. The smallest absolute Gasteiger partial charge is 0.169 e. The molecule has 2 aromatic rings. The number of aromatic nitrogens is 2. The van der Waals surface area contributed by atoms with Crippen molar-refractivity contribution in [1.29, 1.82) is 0 Å². The van der Waals surface area contributed by atoms with Crippen molar-refractivity contribution in [3.63, 3.8) is 0 Å². The second-order valence-corrected chi connectivity index (χ2v) is 8.41. The highest BCUT2D eigenvalue weighted by atomic mass is 16.5. The molecule has 2 aliphatic heterocycles. The topological polar surface area (TPSA) is 71.1 Å². The molecule has 0 spiro atoms. The predicted molar refractivity (Wildman–Crippen MR) is 115 cm³/mol. The van der Waals surface area contributed by atoms with E-state index in [4.69, 9.17) is 14.7 Å². The van der Waals surface area contributed by atoms with Gasteiger partial charge in [-0.2, -0.15) is 0 Å². The van der Waals surface area contributed by atoms with Gasteiger partial charge in [0.2, 0.25) is 0 Å². The summed E-state index contributed by atoms with van der Waals surface area (Å²) in [5.74, 6) is 3.47. The molecule has 1 unspecified atom stereocenters. The van der Waals surface area contributed by atoms with Crippen LogP contribution in [0.25, 0.3) is 0 Å². The Balaban J connectivity index is 1.51. The third-order valence-corrected chi connectivity index (χ3v) is 5.65. The maximum absolute atomic E-state index is 5.71. The number of pyridine rings is 2. The maximum atomic E-state index is 5.71. The molecular formula is C22H31N5O. The molecule has 2 atom stereocenters. The van der Waals surface area contributed by atoms with E-state index in [1.807, 2.05) is 0 Å². The van der Waals surface area contributed by atoms with Crippen molar-refractivity contribution in [2.24, 2.45) is 0 Å². The molecule has 0 amide bonds. The molecule has 0 saturated carbocycles. The fourth-order valence-corrected chi connectivity index (χ4v) is 4.28. The molecule has 2 aliphatic rings. The van der Waals surface area contributed by atoms with Gasteiger partial charge >= 0.3 is 0 Å². The van der Waals surface area contributed by atoms with Gasteiger partial charge in [-0.25, -0.2) is 9.97 Å². The second-order valence-electron chi connectivity index (χ2n) is 8.41. The van der Waals surface area contributed by atoms with Gasteiger partial charge in [-0.15, -0.1) is 0 Å². The number of anilines is 3. The molecule has 0 saturated heterocycles. The van der Waals surface area contributed by atoms with E-state index in [9.17, 15) is 0 Å². The molecule has 0 aromatic carbocycles. The summed E-state index contributed by atoms with van der Waals surface area (Å²) in [4.78, 5) is 9.77. The maximum Gasteiger partial charge on any atom is 0.169 e. The second kappa shape index (κ2) is 7.49. The highest BCUT2D eigenvalue weighted by molar-refractivity contribution is 5.68. The van der Waals surface area contributed by atoms with Gasteiger partial charge in [-0.1, -0.05) is 20.8 Å². The highest BCUT2D eigenvalue weighted by Gasteiger charge is 2.25. The van der Waals surface area contributed by atoms with Crippen LogP contribution >= 0.6 is 0 Å². The summed E-state index contributed by atoms with van der Waals surface area (Å²) in [6.45, 7) is 13.3. The van der Waals surface area contributed by atoms with Crippen molar-refractivity contribution in [3.8, 4) is 5.75 Å². The highest BCUT2D eigenvalue weighted by Crippen LogP contribution is 2.34. The molecule has 2 aromatic heterocycles. The molecule has 0 radical (unpaired) electrons. The first-order valence-electron chi connectivity index (χ1n) is 10.3. The number of aryl methyl sites for hydroxylation is 2. The lowest BCUT2D eigenvalue weighted by Gasteiger charge is -2.31. The molecule has 0 fully saturated rings. The summed E-state index contributed by atoms with van der Waals surface area (Å²) >= 11 is 0. The van der Waals surface area contributed by atoms with Crippen LogP contribution in [0, 0.1) is 13.8 Å². The first-order chi connectivity index (χ1) is 13.4. The fourth-order valence-electron chi connectivity index (χ4n) is 4.28. The molecule has 6 nitrogen and oxygen atoms in total. The van der Waals surface area contributed by atoms with E-state index in [-0.39, 0.29) is 0 Å². The largest absolute Gasteiger partial charge is 0.488 e. The zero-order valence-electron chi connectivity index (χ0n) is 17.5. The zero-order chi connectivity index (χ0) is 19.8. The number of rotatable bonds is 4. The normalized spacial score (nSPS) is 18.9. The SMILES string of the molecule is Cc1cc2c(nc1C(C)C)NC(C[C@@H](C)c1nc3c(cc1C)OCCN3)CN2. The molecule has 6 heteroatoms. The minimum absolute atomic E-state index is 0.319. The summed E-state index contributed by atoms with van der Waals surface area (Å²) in [5.41, 5.74) is 5.85. The standard InChI is InChI=1S/C22H31N5O/c1-12(2)19-14(4)9-17-21(26-19)25-16(11-24-17)8-13(3)20-15(5)10-18-22(27-20)23-6-7-28-18/h9-10,12-13,16,24H,6-8,11H2,1-5H3,(H,23,27)(H,25,26)/t13-,16?/m1/s1. The van der Waals surface area contributed by atoms with E-state index in [1.165, 1.54) is 16.8 Å². The Morgan fingerprint density at radius 2 is 1.79 bits per heavy atom. The van der Waals surface area contributed by atoms with Crippen molar-refractivity contribution >= 4 is 17.3 Å². The molecule has 0 aliphatic carbocycles. The lowest BCUT2D eigenvalue weighted by molar-refractivity contribution is 0.320. The van der Waals surface area contributed by atoms with Crippen LogP contribution < -0.4 is 20.7 Å². The Hall–Kier alpha value is -2.50. The van der Waals surface area contributed by atoms with Gasteiger partial charge in [0.1, 0.15) is 12.4 Å². The quantitative estimate of drug-likeness (QED) is 0.728. The number of nitrogens with one attached hydrogen (secondary N) is 3. The van der Waals surface area contributed by atoms with E-state index < -0.39 is 0 Å². The molecule has 28 heavy (non-hydrogen) atoms. The minimum Gasteiger partial charge on any atom is -0.488 e. The Morgan fingerprint density at radius 1 is 1.04 bits per heavy atom. The number of ether oxygens (including phenoxy) is 1. The van der Waals surface area contributed by atoms with Gasteiger partial charge in [-0.05, 0) is 49.4 Å². The number of fused-ring (bicyclic) bond motifs is 2. The average Bonchev–Trinajstić information content (AvgIpc) is 2.66. The Labute approximate surface area is 167 Å². The van der Waals surface area contributed by atoms with Crippen LogP contribution in [0.5, 0.6) is 5.75 Å². The Kier molecular flexibility index (Phi) is 5.04. The van der Waals surface area contributed by atoms with E-state index in [0.717, 1.165) is 48.3 Å². The van der Waals surface area contributed by atoms with Gasteiger partial charge < -0.3 is 20.7 Å². The first-order valence-corrected chi connectivity index (χ1v) is 10.3. The van der Waals surface area contributed by atoms with Crippen molar-refractivity contribution in [2.45, 2.75) is 58.9 Å². The van der Waals surface area contributed by atoms with Crippen LogP contribution in [0.3, 0.4) is 0 Å². The van der Waals surface area contributed by atoms with Crippen LogP contribution in [0.4, 0.5) is 17.3 Å². The molecule has 150 valence electrons. The van der Waals surface area contributed by atoms with Gasteiger partial charge in [0, 0.05) is 29.9 Å². The Bertz CT molecular complexity index is 880. The Morgan fingerprint density at radius 3 is 2.57 bits per heavy atom. The van der Waals surface area contributed by atoms with Gasteiger partial charge in [0.25, 0.3) is 0 Å². The lowest BCUT2D eigenvalue weighted by Crippen LogP contribution is -2.35. The van der Waals surface area contributed by atoms with Crippen molar-refractivity contribution in [2.75, 3.05) is 35.6 Å². The predicted octanol–water partition coefficient (Wildman–Crippen LogP) is 4.42. The van der Waals surface area contributed by atoms with E-state index in [1.54, 1.807) is 0 Å². The van der Waals surface area contributed by atoms with E-state index in [2.05, 4.69) is 62.7 Å². The molecule has 3 N–H and O–H groups in total. The van der Waals surface area contributed by atoms with Crippen molar-refractivity contribution < 1.29 is 4.74 Å². The first kappa shape index (κ1) is 18.8. The van der Waals surface area contributed by atoms with E-state index in [0.29, 0.717) is 24.5 Å². The van der Waals surface area contributed by atoms with Crippen molar-refractivity contribution in [3.05, 3.63) is 34.6 Å².